The average molecular weight is 397 g/mol. The van der Waals surface area contributed by atoms with Crippen molar-refractivity contribution in [2.24, 2.45) is 5.92 Å². The van der Waals surface area contributed by atoms with Crippen LogP contribution in [0.25, 0.3) is 0 Å². The minimum atomic E-state index is -3.73. The Bertz CT molecular complexity index is 539. The van der Waals surface area contributed by atoms with Crippen molar-refractivity contribution < 1.29 is 17.9 Å². The minimum Gasteiger partial charge on any atom is -0.468 e. The summed E-state index contributed by atoms with van der Waals surface area (Å²) in [5.74, 6) is -0.796. The highest BCUT2D eigenvalue weighted by Crippen LogP contribution is 2.14. The van der Waals surface area contributed by atoms with E-state index in [1.165, 1.54) is 19.2 Å². The van der Waals surface area contributed by atoms with Crippen molar-refractivity contribution in [2.45, 2.75) is 24.8 Å². The quantitative estimate of drug-likeness (QED) is 0.607. The molecular formula is C12H16INO4S. The predicted octanol–water partition coefficient (Wildman–Crippen LogP) is 1.77. The fourth-order valence-corrected chi connectivity index (χ4v) is 3.13. The van der Waals surface area contributed by atoms with Gasteiger partial charge in [0.1, 0.15) is 6.04 Å². The topological polar surface area (TPSA) is 72.5 Å². The summed E-state index contributed by atoms with van der Waals surface area (Å²) < 4.78 is 32.2. The van der Waals surface area contributed by atoms with Gasteiger partial charge in [-0.2, -0.15) is 4.72 Å². The lowest BCUT2D eigenvalue weighted by atomic mass is 10.1. The number of esters is 1. The van der Waals surface area contributed by atoms with Gasteiger partial charge >= 0.3 is 5.97 Å². The summed E-state index contributed by atoms with van der Waals surface area (Å²) in [6, 6.07) is 5.49. The van der Waals surface area contributed by atoms with E-state index in [-0.39, 0.29) is 10.8 Å². The standard InChI is InChI=1S/C12H16INO4S/c1-8(2)11(12(15)18-3)14-19(16,17)10-6-4-9(13)5-7-10/h4-8,11,14H,1-3H3. The van der Waals surface area contributed by atoms with Crippen LogP contribution in [0.4, 0.5) is 0 Å². The number of benzene rings is 1. The van der Waals surface area contributed by atoms with E-state index in [0.29, 0.717) is 0 Å². The van der Waals surface area contributed by atoms with Crippen LogP contribution < -0.4 is 4.72 Å². The Kier molecular flexibility index (Phi) is 5.75. The fourth-order valence-electron chi connectivity index (χ4n) is 1.43. The first-order valence-corrected chi connectivity index (χ1v) is 8.20. The van der Waals surface area contributed by atoms with E-state index < -0.39 is 22.0 Å². The van der Waals surface area contributed by atoms with E-state index >= 15 is 0 Å². The number of sulfonamides is 1. The first-order chi connectivity index (χ1) is 8.77. The number of hydrogen-bond acceptors (Lipinski definition) is 4. The SMILES string of the molecule is COC(=O)C(NS(=O)(=O)c1ccc(I)cc1)C(C)C. The molecule has 106 valence electrons. The number of hydrogen-bond donors (Lipinski definition) is 1. The van der Waals surface area contributed by atoms with Crippen molar-refractivity contribution in [3.63, 3.8) is 0 Å². The molecule has 0 aliphatic heterocycles. The van der Waals surface area contributed by atoms with Crippen LogP contribution in [0.2, 0.25) is 0 Å². The average Bonchev–Trinajstić information content (AvgIpc) is 2.35. The third-order valence-electron chi connectivity index (χ3n) is 2.53. The van der Waals surface area contributed by atoms with Crippen LogP contribution >= 0.6 is 22.6 Å². The maximum atomic E-state index is 12.2. The molecule has 1 rings (SSSR count). The summed E-state index contributed by atoms with van der Waals surface area (Å²) in [6.07, 6.45) is 0. The van der Waals surface area contributed by atoms with Gasteiger partial charge in [0.2, 0.25) is 10.0 Å². The highest BCUT2D eigenvalue weighted by Gasteiger charge is 2.28. The molecule has 7 heteroatoms. The molecule has 1 atom stereocenters. The molecule has 0 radical (unpaired) electrons. The Labute approximate surface area is 126 Å². The summed E-state index contributed by atoms with van der Waals surface area (Å²) in [7, 11) is -2.50. The van der Waals surface area contributed by atoms with Gasteiger partial charge in [0.05, 0.1) is 12.0 Å². The van der Waals surface area contributed by atoms with E-state index in [1.54, 1.807) is 26.0 Å². The first kappa shape index (κ1) is 16.4. The molecular weight excluding hydrogens is 381 g/mol. The lowest BCUT2D eigenvalue weighted by Crippen LogP contribution is -2.44. The molecule has 19 heavy (non-hydrogen) atoms. The van der Waals surface area contributed by atoms with Crippen LogP contribution in [0.5, 0.6) is 0 Å². The van der Waals surface area contributed by atoms with Crippen molar-refractivity contribution in [2.75, 3.05) is 7.11 Å². The van der Waals surface area contributed by atoms with Crippen LogP contribution in [0.1, 0.15) is 13.8 Å². The summed E-state index contributed by atoms with van der Waals surface area (Å²) in [6.45, 7) is 3.50. The van der Waals surface area contributed by atoms with Gasteiger partial charge in [0, 0.05) is 3.57 Å². The third-order valence-corrected chi connectivity index (χ3v) is 4.70. The zero-order chi connectivity index (χ0) is 14.6. The molecule has 0 bridgehead atoms. The molecule has 0 saturated heterocycles. The molecule has 0 saturated carbocycles. The van der Waals surface area contributed by atoms with E-state index in [1.807, 2.05) is 0 Å². The van der Waals surface area contributed by atoms with Gasteiger partial charge in [0.25, 0.3) is 0 Å². The van der Waals surface area contributed by atoms with Gasteiger partial charge in [-0.3, -0.25) is 4.79 Å². The molecule has 0 aliphatic rings. The first-order valence-electron chi connectivity index (χ1n) is 5.63. The molecule has 0 aromatic heterocycles. The van der Waals surface area contributed by atoms with E-state index in [0.717, 1.165) is 3.57 Å². The molecule has 1 aromatic carbocycles. The number of rotatable bonds is 5. The molecule has 0 aliphatic carbocycles. The second-order valence-corrected chi connectivity index (χ2v) is 7.28. The molecule has 0 spiro atoms. The monoisotopic (exact) mass is 397 g/mol. The Hall–Kier alpha value is -0.670. The van der Waals surface area contributed by atoms with Gasteiger partial charge in [-0.15, -0.1) is 0 Å². The van der Waals surface area contributed by atoms with E-state index in [4.69, 9.17) is 0 Å². The van der Waals surface area contributed by atoms with Crippen LogP contribution in [0, 0.1) is 9.49 Å². The van der Waals surface area contributed by atoms with Gasteiger partial charge < -0.3 is 4.74 Å². The summed E-state index contributed by atoms with van der Waals surface area (Å²) >= 11 is 2.09. The van der Waals surface area contributed by atoms with Crippen molar-refractivity contribution >= 4 is 38.6 Å². The second kappa shape index (κ2) is 6.67. The van der Waals surface area contributed by atoms with E-state index in [9.17, 15) is 13.2 Å². The fraction of sp³-hybridized carbons (Fsp3) is 0.417. The minimum absolute atomic E-state index is 0.127. The zero-order valence-electron chi connectivity index (χ0n) is 10.9. The van der Waals surface area contributed by atoms with Crippen LogP contribution in [-0.2, 0) is 19.6 Å². The lowest BCUT2D eigenvalue weighted by Gasteiger charge is -2.19. The zero-order valence-corrected chi connectivity index (χ0v) is 13.9. The summed E-state index contributed by atoms with van der Waals surface area (Å²) in [4.78, 5) is 11.7. The predicted molar refractivity (Wildman–Crippen MR) is 80.1 cm³/mol. The van der Waals surface area contributed by atoms with Crippen molar-refractivity contribution in [1.82, 2.24) is 4.72 Å². The van der Waals surface area contributed by atoms with Crippen LogP contribution in [-0.4, -0.2) is 27.5 Å². The normalized spacial score (nSPS) is 13.3. The largest absolute Gasteiger partial charge is 0.468 e. The summed E-state index contributed by atoms with van der Waals surface area (Å²) in [5, 5.41) is 0. The van der Waals surface area contributed by atoms with Crippen molar-refractivity contribution in [3.05, 3.63) is 27.8 Å². The highest BCUT2D eigenvalue weighted by atomic mass is 127. The van der Waals surface area contributed by atoms with Crippen LogP contribution in [0.15, 0.2) is 29.2 Å². The Morgan fingerprint density at radius 2 is 1.79 bits per heavy atom. The number of carbonyl (C=O) groups excluding carboxylic acids is 1. The van der Waals surface area contributed by atoms with Gasteiger partial charge in [-0.05, 0) is 52.8 Å². The van der Waals surface area contributed by atoms with E-state index in [2.05, 4.69) is 32.0 Å². The van der Waals surface area contributed by atoms with Crippen LogP contribution in [0.3, 0.4) is 0 Å². The number of ether oxygens (including phenoxy) is 1. The lowest BCUT2D eigenvalue weighted by molar-refractivity contribution is -0.143. The summed E-state index contributed by atoms with van der Waals surface area (Å²) in [5.41, 5.74) is 0. The highest BCUT2D eigenvalue weighted by molar-refractivity contribution is 14.1. The Balaban J connectivity index is 3.00. The van der Waals surface area contributed by atoms with Gasteiger partial charge in [0.15, 0.2) is 0 Å². The van der Waals surface area contributed by atoms with Gasteiger partial charge in [-0.1, -0.05) is 13.8 Å². The molecule has 0 heterocycles. The Morgan fingerprint density at radius 1 is 1.26 bits per heavy atom. The maximum absolute atomic E-state index is 12.2. The third kappa shape index (κ3) is 4.43. The second-order valence-electron chi connectivity index (χ2n) is 4.32. The molecule has 0 fully saturated rings. The molecule has 5 nitrogen and oxygen atoms in total. The molecule has 1 N–H and O–H groups in total. The Morgan fingerprint density at radius 3 is 2.21 bits per heavy atom. The smallest absolute Gasteiger partial charge is 0.324 e. The molecule has 1 unspecified atom stereocenters. The van der Waals surface area contributed by atoms with Gasteiger partial charge in [-0.25, -0.2) is 8.42 Å². The van der Waals surface area contributed by atoms with Crippen molar-refractivity contribution in [3.8, 4) is 0 Å². The number of halogens is 1. The number of methoxy groups -OCH3 is 1. The number of carbonyl (C=O) groups is 1. The molecule has 0 amide bonds. The maximum Gasteiger partial charge on any atom is 0.324 e. The molecule has 1 aromatic rings. The number of nitrogens with one attached hydrogen (secondary N) is 1. The van der Waals surface area contributed by atoms with Crippen molar-refractivity contribution in [1.29, 1.82) is 0 Å².